The van der Waals surface area contributed by atoms with Crippen LogP contribution in [0.2, 0.25) is 0 Å². The Balaban J connectivity index is -0.000000980. The Morgan fingerprint density at radius 2 is 1.29 bits per heavy atom. The molecule has 0 aliphatic rings. The monoisotopic (exact) mass is 470 g/mol. The maximum absolute atomic E-state index is 11.4. The van der Waals surface area contributed by atoms with Gasteiger partial charge in [0, 0.05) is 0 Å². The normalized spacial score (nSPS) is 19.1. The molecule has 0 aromatic heterocycles. The molecule has 0 spiro atoms. The predicted molar refractivity (Wildman–Crippen MR) is 57.6 cm³/mol. The molecule has 0 heterocycles. The van der Waals surface area contributed by atoms with Gasteiger partial charge in [0.25, 0.3) is 0 Å². The van der Waals surface area contributed by atoms with Gasteiger partial charge in [0.15, 0.2) is 0 Å². The summed E-state index contributed by atoms with van der Waals surface area (Å²) in [6.45, 7) is 4.26. The third-order valence-electron chi connectivity index (χ3n) is 1.71. The smallest absolute Gasteiger partial charge is 0.778 e. The SMILES string of the molecule is CCOP(=O)([O-])C(CC)P(=O)([O-])OCC.N.[Pt+2]. The fraction of sp³-hybridized carbons (Fsp3) is 1.00. The van der Waals surface area contributed by atoms with Gasteiger partial charge in [-0.3, -0.25) is 0 Å². The van der Waals surface area contributed by atoms with Gasteiger partial charge in [0.2, 0.25) is 0 Å². The standard InChI is InChI=1S/C7H18O6P2.H3N.Pt/c1-4-7(14(8,9)12-5-2)15(10,11)13-6-3;;/h7H,4-6H2,1-3H3,(H,8,9)(H,10,11);1H3;/q;;+2/p-2. The van der Waals surface area contributed by atoms with Crippen LogP contribution >= 0.6 is 15.2 Å². The average molecular weight is 470 g/mol. The molecule has 0 bridgehead atoms. The van der Waals surface area contributed by atoms with E-state index in [2.05, 4.69) is 9.05 Å². The summed E-state index contributed by atoms with van der Waals surface area (Å²) in [7, 11) is -8.81. The largest absolute Gasteiger partial charge is 2.00 e. The topological polar surface area (TPSA) is 134 Å². The molecule has 0 aromatic carbocycles. The van der Waals surface area contributed by atoms with Crippen molar-refractivity contribution >= 4 is 15.2 Å². The summed E-state index contributed by atoms with van der Waals surface area (Å²) in [6.07, 6.45) is -0.0818. The van der Waals surface area contributed by atoms with Crippen LogP contribution in [0.25, 0.3) is 0 Å². The minimum Gasteiger partial charge on any atom is -0.778 e. The predicted octanol–water partition coefficient (Wildman–Crippen LogP) is 1.06. The van der Waals surface area contributed by atoms with Gasteiger partial charge in [-0.05, 0) is 20.3 Å². The molecule has 0 aliphatic carbocycles. The zero-order valence-electron chi connectivity index (χ0n) is 10.1. The number of hydrogen-bond donors (Lipinski definition) is 1. The molecule has 2 unspecified atom stereocenters. The molecule has 10 heteroatoms. The maximum Gasteiger partial charge on any atom is 2.00 e. The number of hydrogen-bond acceptors (Lipinski definition) is 7. The quantitative estimate of drug-likeness (QED) is 0.550. The minimum atomic E-state index is -4.40. The number of rotatable bonds is 7. The van der Waals surface area contributed by atoms with E-state index in [1.165, 1.54) is 20.8 Å². The molecule has 0 aromatic rings. The second-order valence-electron chi connectivity index (χ2n) is 2.80. The van der Waals surface area contributed by atoms with Crippen molar-refractivity contribution in [1.29, 1.82) is 0 Å². The van der Waals surface area contributed by atoms with Gasteiger partial charge < -0.3 is 34.1 Å². The second kappa shape index (κ2) is 9.82. The van der Waals surface area contributed by atoms with E-state index in [1.807, 2.05) is 0 Å². The third kappa shape index (κ3) is 7.19. The van der Waals surface area contributed by atoms with Gasteiger partial charge in [-0.25, -0.2) is 0 Å². The van der Waals surface area contributed by atoms with E-state index in [9.17, 15) is 18.9 Å². The van der Waals surface area contributed by atoms with E-state index in [4.69, 9.17) is 0 Å². The van der Waals surface area contributed by atoms with E-state index in [-0.39, 0.29) is 46.9 Å². The van der Waals surface area contributed by atoms with Crippen LogP contribution in [-0.2, 0) is 39.2 Å². The van der Waals surface area contributed by atoms with Crippen molar-refractivity contribution in [2.45, 2.75) is 32.6 Å². The Morgan fingerprint density at radius 1 is 1.00 bits per heavy atom. The molecule has 0 fully saturated rings. The van der Waals surface area contributed by atoms with Crippen LogP contribution in [-0.4, -0.2) is 18.6 Å². The first-order valence-electron chi connectivity index (χ1n) is 4.72. The van der Waals surface area contributed by atoms with Crippen LogP contribution in [0.4, 0.5) is 0 Å². The van der Waals surface area contributed by atoms with E-state index in [0.717, 1.165) is 0 Å². The fourth-order valence-electron chi connectivity index (χ4n) is 1.15. The van der Waals surface area contributed by atoms with Crippen LogP contribution < -0.4 is 15.9 Å². The Kier molecular flexibility index (Phi) is 13.3. The van der Waals surface area contributed by atoms with Crippen molar-refractivity contribution in [3.63, 3.8) is 0 Å². The van der Waals surface area contributed by atoms with Gasteiger partial charge in [-0.1, -0.05) is 6.92 Å². The molecule has 0 radical (unpaired) electrons. The van der Waals surface area contributed by atoms with Crippen molar-refractivity contribution in [2.24, 2.45) is 0 Å². The summed E-state index contributed by atoms with van der Waals surface area (Å²) >= 11 is 0. The Morgan fingerprint density at radius 3 is 1.47 bits per heavy atom. The van der Waals surface area contributed by atoms with Crippen LogP contribution in [0.5, 0.6) is 0 Å². The summed E-state index contributed by atoms with van der Waals surface area (Å²) in [5.41, 5.74) is 0. The van der Waals surface area contributed by atoms with E-state index < -0.39 is 20.6 Å². The second-order valence-corrected chi connectivity index (χ2v) is 7.13. The molecule has 0 aliphatic heterocycles. The molecule has 7 nitrogen and oxygen atoms in total. The van der Waals surface area contributed by atoms with Gasteiger partial charge in [0.05, 0.1) is 18.6 Å². The van der Waals surface area contributed by atoms with E-state index in [0.29, 0.717) is 0 Å². The van der Waals surface area contributed by atoms with Gasteiger partial charge in [0.1, 0.15) is 15.2 Å². The Hall–Kier alpha value is 0.948. The van der Waals surface area contributed by atoms with Gasteiger partial charge >= 0.3 is 21.1 Å². The molecule has 0 rings (SSSR count). The summed E-state index contributed by atoms with van der Waals surface area (Å²) in [5, 5.41) is -1.59. The molecule has 17 heavy (non-hydrogen) atoms. The summed E-state index contributed by atoms with van der Waals surface area (Å²) in [6, 6.07) is 0. The Bertz CT molecular complexity index is 264. The van der Waals surface area contributed by atoms with Crippen molar-refractivity contribution < 1.29 is 49.0 Å². The Labute approximate surface area is 116 Å². The first-order chi connectivity index (χ1) is 6.81. The van der Waals surface area contributed by atoms with E-state index >= 15 is 0 Å². The van der Waals surface area contributed by atoms with Crippen LogP contribution in [0.15, 0.2) is 0 Å². The zero-order valence-corrected chi connectivity index (χ0v) is 14.1. The first-order valence-corrected chi connectivity index (χ1v) is 7.94. The van der Waals surface area contributed by atoms with Crippen molar-refractivity contribution in [3.8, 4) is 0 Å². The van der Waals surface area contributed by atoms with Gasteiger partial charge in [-0.15, -0.1) is 0 Å². The molecule has 2 atom stereocenters. The molecule has 108 valence electrons. The summed E-state index contributed by atoms with van der Waals surface area (Å²) in [4.78, 5) is 22.9. The molecule has 0 amide bonds. The molecule has 0 saturated carbocycles. The van der Waals surface area contributed by atoms with Crippen molar-refractivity contribution in [1.82, 2.24) is 6.15 Å². The van der Waals surface area contributed by atoms with Crippen LogP contribution in [0.1, 0.15) is 27.2 Å². The summed E-state index contributed by atoms with van der Waals surface area (Å²) < 4.78 is 31.8. The van der Waals surface area contributed by atoms with Gasteiger partial charge in [-0.2, -0.15) is 0 Å². The van der Waals surface area contributed by atoms with Crippen molar-refractivity contribution in [3.05, 3.63) is 0 Å². The van der Waals surface area contributed by atoms with Crippen LogP contribution in [0.3, 0.4) is 0 Å². The minimum absolute atomic E-state index is 0. The molecular formula is C7H19NO6P2Pt. The first kappa shape index (κ1) is 23.1. The summed E-state index contributed by atoms with van der Waals surface area (Å²) in [5.74, 6) is 0. The van der Waals surface area contributed by atoms with Crippen molar-refractivity contribution in [2.75, 3.05) is 13.2 Å². The molecule has 3 N–H and O–H groups in total. The third-order valence-corrected chi connectivity index (χ3v) is 6.84. The average Bonchev–Trinajstić information content (AvgIpc) is 2.02. The fourth-order valence-corrected chi connectivity index (χ4v) is 4.90. The molecule has 0 saturated heterocycles. The van der Waals surface area contributed by atoms with Crippen LogP contribution in [0, 0.1) is 0 Å². The maximum atomic E-state index is 11.4. The van der Waals surface area contributed by atoms with E-state index in [1.54, 1.807) is 0 Å². The zero-order chi connectivity index (χ0) is 12.1. The molecular weight excluding hydrogens is 451 g/mol.